The van der Waals surface area contributed by atoms with Gasteiger partial charge in [0.05, 0.1) is 12.2 Å². The molecule has 2 atom stereocenters. The quantitative estimate of drug-likeness (QED) is 0.738. The van der Waals surface area contributed by atoms with Gasteiger partial charge in [-0.15, -0.1) is 0 Å². The van der Waals surface area contributed by atoms with Gasteiger partial charge in [0.25, 0.3) is 0 Å². The van der Waals surface area contributed by atoms with Gasteiger partial charge in [-0.2, -0.15) is 0 Å². The Bertz CT molecular complexity index is 409. The van der Waals surface area contributed by atoms with Gasteiger partial charge in [-0.05, 0) is 25.8 Å². The summed E-state index contributed by atoms with van der Waals surface area (Å²) < 4.78 is 26.2. The summed E-state index contributed by atoms with van der Waals surface area (Å²) in [5, 5.41) is 8.52. The summed E-state index contributed by atoms with van der Waals surface area (Å²) >= 11 is 0. The lowest BCUT2D eigenvalue weighted by Crippen LogP contribution is -2.47. The molecule has 7 heteroatoms. The van der Waals surface area contributed by atoms with Crippen LogP contribution in [-0.4, -0.2) is 55.3 Å². The van der Waals surface area contributed by atoms with Crippen molar-refractivity contribution in [3.63, 3.8) is 0 Å². The molecule has 0 radical (unpaired) electrons. The first-order valence-electron chi connectivity index (χ1n) is 6.44. The zero-order chi connectivity index (χ0) is 13.2. The van der Waals surface area contributed by atoms with Crippen LogP contribution in [0.5, 0.6) is 0 Å². The van der Waals surface area contributed by atoms with Gasteiger partial charge in [0.1, 0.15) is 0 Å². The number of fused-ring (bicyclic) bond motifs is 1. The lowest BCUT2D eigenvalue weighted by molar-refractivity contribution is -0.136. The van der Waals surface area contributed by atoms with E-state index in [1.54, 1.807) is 0 Å². The van der Waals surface area contributed by atoms with Crippen LogP contribution in [0.3, 0.4) is 0 Å². The number of hydrogen-bond acceptors (Lipinski definition) is 4. The summed E-state index contributed by atoms with van der Waals surface area (Å²) in [7, 11) is -3.47. The number of carboxylic acids is 1. The minimum atomic E-state index is -3.47. The number of sulfonamides is 1. The Morgan fingerprint density at radius 3 is 2.78 bits per heavy atom. The Balaban J connectivity index is 1.90. The van der Waals surface area contributed by atoms with E-state index in [-0.39, 0.29) is 18.2 Å². The SMILES string of the molecule is O=C(O)CCS(=O)(=O)NC1CCN2CCCCC12. The molecule has 2 saturated heterocycles. The highest BCUT2D eigenvalue weighted by atomic mass is 32.2. The molecule has 0 aliphatic carbocycles. The highest BCUT2D eigenvalue weighted by Crippen LogP contribution is 2.27. The molecule has 2 aliphatic rings. The van der Waals surface area contributed by atoms with Crippen molar-refractivity contribution < 1.29 is 18.3 Å². The fourth-order valence-corrected chi connectivity index (χ4v) is 4.19. The fraction of sp³-hybridized carbons (Fsp3) is 0.909. The standard InChI is InChI=1S/C11H20N2O4S/c14-11(15)5-8-18(16,17)12-9-4-7-13-6-2-1-3-10(9)13/h9-10,12H,1-8H2,(H,14,15). The first kappa shape index (κ1) is 13.8. The van der Waals surface area contributed by atoms with E-state index >= 15 is 0 Å². The van der Waals surface area contributed by atoms with E-state index in [4.69, 9.17) is 5.11 Å². The minimum Gasteiger partial charge on any atom is -0.481 e. The van der Waals surface area contributed by atoms with E-state index in [0.717, 1.165) is 32.4 Å². The fourth-order valence-electron chi connectivity index (χ4n) is 2.90. The van der Waals surface area contributed by atoms with Gasteiger partial charge in [0.15, 0.2) is 0 Å². The van der Waals surface area contributed by atoms with Crippen molar-refractivity contribution in [2.24, 2.45) is 0 Å². The summed E-state index contributed by atoms with van der Waals surface area (Å²) in [4.78, 5) is 12.8. The van der Waals surface area contributed by atoms with E-state index in [0.29, 0.717) is 6.04 Å². The Hall–Kier alpha value is -0.660. The topological polar surface area (TPSA) is 86.7 Å². The lowest BCUT2D eigenvalue weighted by Gasteiger charge is -2.32. The van der Waals surface area contributed by atoms with Crippen LogP contribution in [-0.2, 0) is 14.8 Å². The van der Waals surface area contributed by atoms with Crippen LogP contribution in [0.4, 0.5) is 0 Å². The van der Waals surface area contributed by atoms with Crippen molar-refractivity contribution in [3.05, 3.63) is 0 Å². The van der Waals surface area contributed by atoms with Crippen molar-refractivity contribution in [1.29, 1.82) is 0 Å². The molecule has 18 heavy (non-hydrogen) atoms. The van der Waals surface area contributed by atoms with E-state index in [1.807, 2.05) is 0 Å². The molecule has 2 heterocycles. The molecule has 0 aromatic carbocycles. The second-order valence-electron chi connectivity index (χ2n) is 5.07. The maximum Gasteiger partial charge on any atom is 0.304 e. The zero-order valence-electron chi connectivity index (χ0n) is 10.3. The van der Waals surface area contributed by atoms with Crippen LogP contribution in [0.2, 0.25) is 0 Å². The van der Waals surface area contributed by atoms with E-state index in [2.05, 4.69) is 9.62 Å². The van der Waals surface area contributed by atoms with Crippen LogP contribution in [0, 0.1) is 0 Å². The van der Waals surface area contributed by atoms with Gasteiger partial charge in [-0.1, -0.05) is 6.42 Å². The van der Waals surface area contributed by atoms with Gasteiger partial charge in [0.2, 0.25) is 10.0 Å². The number of aliphatic carboxylic acids is 1. The number of piperidine rings is 1. The monoisotopic (exact) mass is 276 g/mol. The van der Waals surface area contributed by atoms with E-state index in [9.17, 15) is 13.2 Å². The van der Waals surface area contributed by atoms with Gasteiger partial charge in [0, 0.05) is 18.6 Å². The first-order chi connectivity index (χ1) is 8.48. The Labute approximate surface area is 107 Å². The number of carboxylic acid groups (broad SMARTS) is 1. The first-order valence-corrected chi connectivity index (χ1v) is 8.09. The zero-order valence-corrected chi connectivity index (χ0v) is 11.2. The van der Waals surface area contributed by atoms with E-state index in [1.165, 1.54) is 6.42 Å². The molecule has 104 valence electrons. The summed E-state index contributed by atoms with van der Waals surface area (Å²) in [6, 6.07) is 0.266. The van der Waals surface area contributed by atoms with Crippen molar-refractivity contribution in [1.82, 2.24) is 9.62 Å². The summed E-state index contributed by atoms with van der Waals surface area (Å²) in [6.45, 7) is 1.99. The second kappa shape index (κ2) is 5.54. The second-order valence-corrected chi connectivity index (χ2v) is 6.95. The third-order valence-corrected chi connectivity index (χ3v) is 5.18. The molecular formula is C11H20N2O4S. The molecule has 0 saturated carbocycles. The molecule has 0 aromatic rings. The maximum atomic E-state index is 11.8. The van der Waals surface area contributed by atoms with Crippen LogP contribution in [0.15, 0.2) is 0 Å². The predicted molar refractivity (Wildman–Crippen MR) is 66.8 cm³/mol. The average Bonchev–Trinajstić information content (AvgIpc) is 2.70. The molecule has 2 unspecified atom stereocenters. The summed E-state index contributed by atoms with van der Waals surface area (Å²) in [5.74, 6) is -1.41. The van der Waals surface area contributed by atoms with Crippen molar-refractivity contribution in [2.75, 3.05) is 18.8 Å². The third kappa shape index (κ3) is 3.43. The van der Waals surface area contributed by atoms with Crippen LogP contribution < -0.4 is 4.72 Å². The number of nitrogens with zero attached hydrogens (tertiary/aromatic N) is 1. The predicted octanol–water partition coefficient (Wildman–Crippen LogP) is 0.00730. The highest BCUT2D eigenvalue weighted by molar-refractivity contribution is 7.89. The molecule has 0 bridgehead atoms. The lowest BCUT2D eigenvalue weighted by atomic mass is 10.00. The molecule has 6 nitrogen and oxygen atoms in total. The molecule has 2 aliphatic heterocycles. The van der Waals surface area contributed by atoms with Gasteiger partial charge >= 0.3 is 5.97 Å². The number of hydrogen-bond donors (Lipinski definition) is 2. The normalized spacial score (nSPS) is 29.1. The maximum absolute atomic E-state index is 11.8. The number of nitrogens with one attached hydrogen (secondary N) is 1. The molecule has 0 aromatic heterocycles. The summed E-state index contributed by atoms with van der Waals surface area (Å²) in [6.07, 6.45) is 3.86. The molecule has 2 fully saturated rings. The van der Waals surface area contributed by atoms with Crippen LogP contribution in [0.1, 0.15) is 32.1 Å². The Morgan fingerprint density at radius 1 is 1.28 bits per heavy atom. The van der Waals surface area contributed by atoms with Crippen molar-refractivity contribution in [2.45, 2.75) is 44.2 Å². The minimum absolute atomic E-state index is 0.0379. The smallest absolute Gasteiger partial charge is 0.304 e. The number of rotatable bonds is 5. The highest BCUT2D eigenvalue weighted by Gasteiger charge is 2.37. The molecule has 0 amide bonds. The van der Waals surface area contributed by atoms with Gasteiger partial charge in [-0.3, -0.25) is 9.69 Å². The van der Waals surface area contributed by atoms with Crippen LogP contribution in [0.25, 0.3) is 0 Å². The molecular weight excluding hydrogens is 256 g/mol. The van der Waals surface area contributed by atoms with Crippen molar-refractivity contribution in [3.8, 4) is 0 Å². The van der Waals surface area contributed by atoms with Gasteiger partial charge in [-0.25, -0.2) is 13.1 Å². The molecule has 2 N–H and O–H groups in total. The third-order valence-electron chi connectivity index (χ3n) is 3.77. The van der Waals surface area contributed by atoms with Crippen molar-refractivity contribution >= 4 is 16.0 Å². The largest absolute Gasteiger partial charge is 0.481 e. The van der Waals surface area contributed by atoms with Crippen LogP contribution >= 0.6 is 0 Å². The average molecular weight is 276 g/mol. The molecule has 0 spiro atoms. The molecule has 2 rings (SSSR count). The number of carbonyl (C=O) groups is 1. The van der Waals surface area contributed by atoms with Gasteiger partial charge < -0.3 is 5.11 Å². The summed E-state index contributed by atoms with van der Waals surface area (Å²) in [5.41, 5.74) is 0. The Morgan fingerprint density at radius 2 is 2.06 bits per heavy atom. The van der Waals surface area contributed by atoms with E-state index < -0.39 is 16.0 Å². The Kier molecular flexibility index (Phi) is 4.24.